The fourth-order valence-corrected chi connectivity index (χ4v) is 5.69. The average molecular weight is 502 g/mol. The number of aromatic nitrogens is 2. The second-order valence-corrected chi connectivity index (χ2v) is 10.3. The Hall–Kier alpha value is -3.97. The maximum Gasteiger partial charge on any atom is 0.333 e. The number of hydrogen-bond donors (Lipinski definition) is 4. The highest BCUT2D eigenvalue weighted by Crippen LogP contribution is 2.34. The average Bonchev–Trinajstić information content (AvgIpc) is 3.44. The van der Waals surface area contributed by atoms with E-state index in [-0.39, 0.29) is 21.6 Å². The predicted molar refractivity (Wildman–Crippen MR) is 125 cm³/mol. The predicted octanol–water partition coefficient (Wildman–Crippen LogP) is 2.77. The normalized spacial score (nSPS) is 12.9. The van der Waals surface area contributed by atoms with Crippen molar-refractivity contribution in [1.29, 1.82) is 0 Å². The number of amides is 2. The van der Waals surface area contributed by atoms with Crippen LogP contribution in [0.3, 0.4) is 0 Å². The van der Waals surface area contributed by atoms with Gasteiger partial charge in [-0.2, -0.15) is 4.39 Å². The van der Waals surface area contributed by atoms with Gasteiger partial charge in [0.1, 0.15) is 10.0 Å². The second kappa shape index (κ2) is 8.11. The number of thiophene rings is 1. The first-order valence-electron chi connectivity index (χ1n) is 9.93. The summed E-state index contributed by atoms with van der Waals surface area (Å²) in [4.78, 5) is 29.0. The summed E-state index contributed by atoms with van der Waals surface area (Å²) in [5, 5.41) is 16.8. The molecule has 4 aromatic rings. The van der Waals surface area contributed by atoms with Gasteiger partial charge in [-0.3, -0.25) is 4.79 Å². The van der Waals surface area contributed by atoms with Gasteiger partial charge in [-0.25, -0.2) is 27.5 Å². The summed E-state index contributed by atoms with van der Waals surface area (Å²) in [5.41, 5.74) is 1.55. The molecule has 174 valence electrons. The zero-order chi connectivity index (χ0) is 24.0. The van der Waals surface area contributed by atoms with Gasteiger partial charge in [0.2, 0.25) is 5.88 Å². The van der Waals surface area contributed by atoms with Gasteiger partial charge in [0.15, 0.2) is 5.13 Å². The lowest BCUT2D eigenvalue weighted by Gasteiger charge is -2.13. The molecule has 5 rings (SSSR count). The smallest absolute Gasteiger partial charge is 0.333 e. The number of anilines is 2. The number of sulfonamides is 1. The van der Waals surface area contributed by atoms with Crippen molar-refractivity contribution in [1.82, 2.24) is 14.3 Å². The summed E-state index contributed by atoms with van der Waals surface area (Å²) in [6.45, 7) is 0.757. The Balaban J connectivity index is 1.39. The largest absolute Gasteiger partial charge is 0.494 e. The van der Waals surface area contributed by atoms with E-state index < -0.39 is 26.7 Å². The van der Waals surface area contributed by atoms with Crippen molar-refractivity contribution >= 4 is 49.5 Å². The third-order valence-corrected chi connectivity index (χ3v) is 7.96. The minimum atomic E-state index is -4.23. The van der Waals surface area contributed by atoms with Crippen LogP contribution >= 0.6 is 11.3 Å². The lowest BCUT2D eigenvalue weighted by molar-refractivity contribution is 0.256. The van der Waals surface area contributed by atoms with Gasteiger partial charge in [0, 0.05) is 23.7 Å². The first-order valence-corrected chi connectivity index (χ1v) is 12.2. The standard InChI is InChI=1S/C21H16FN5O5S2/c22-16-4-6-19(33-16)34(31,32)26-21(30)25-11-1-5-17(24-10-11)27-18(28)9-14-12-7-8-23-15(12)3-2-13(14)20(27)29/h1-6,9-10,23,29H,7-8H2,(H2,25,26,30). The quantitative estimate of drug-likeness (QED) is 0.337. The highest BCUT2D eigenvalue weighted by Gasteiger charge is 2.21. The van der Waals surface area contributed by atoms with Crippen LogP contribution in [0.5, 0.6) is 5.88 Å². The molecule has 1 aromatic carbocycles. The molecule has 10 nitrogen and oxygen atoms in total. The number of urea groups is 1. The SMILES string of the molecule is O=C(Nc1ccc(-n2c(O)c3ccc4c(c3cc2=O)CCN4)nc1)NS(=O)(=O)c1ccc(F)s1. The number of pyridine rings is 2. The van der Waals surface area contributed by atoms with Crippen molar-refractivity contribution in [3.8, 4) is 11.7 Å². The first kappa shape index (κ1) is 21.9. The monoisotopic (exact) mass is 501 g/mol. The number of rotatable bonds is 4. The van der Waals surface area contributed by atoms with E-state index in [1.165, 1.54) is 24.4 Å². The molecule has 34 heavy (non-hydrogen) atoms. The number of nitrogens with zero attached hydrogens (tertiary/aromatic N) is 2. The molecule has 4 heterocycles. The van der Waals surface area contributed by atoms with Gasteiger partial charge in [-0.1, -0.05) is 11.3 Å². The van der Waals surface area contributed by atoms with Gasteiger partial charge >= 0.3 is 6.03 Å². The van der Waals surface area contributed by atoms with Gasteiger partial charge in [-0.15, -0.1) is 0 Å². The number of fused-ring (bicyclic) bond motifs is 3. The van der Waals surface area contributed by atoms with E-state index in [4.69, 9.17) is 0 Å². The topological polar surface area (TPSA) is 142 Å². The molecule has 0 radical (unpaired) electrons. The highest BCUT2D eigenvalue weighted by atomic mass is 32.2. The summed E-state index contributed by atoms with van der Waals surface area (Å²) in [6, 6.07) is 8.74. The Morgan fingerprint density at radius 3 is 2.71 bits per heavy atom. The van der Waals surface area contributed by atoms with Crippen molar-refractivity contribution in [2.24, 2.45) is 0 Å². The molecule has 0 fully saturated rings. The number of halogens is 1. The van der Waals surface area contributed by atoms with E-state index in [9.17, 15) is 27.5 Å². The molecule has 0 saturated heterocycles. The Bertz CT molecular complexity index is 1610. The number of nitrogens with one attached hydrogen (secondary N) is 3. The number of benzene rings is 1. The van der Waals surface area contributed by atoms with Crippen molar-refractivity contribution in [3.63, 3.8) is 0 Å². The fraction of sp³-hybridized carbons (Fsp3) is 0.0952. The molecule has 2 amide bonds. The van der Waals surface area contributed by atoms with E-state index in [0.29, 0.717) is 22.1 Å². The van der Waals surface area contributed by atoms with Crippen molar-refractivity contribution < 1.29 is 22.7 Å². The lowest BCUT2D eigenvalue weighted by atomic mass is 10.0. The summed E-state index contributed by atoms with van der Waals surface area (Å²) in [7, 11) is -4.23. The maximum atomic E-state index is 13.1. The third kappa shape index (κ3) is 3.84. The van der Waals surface area contributed by atoms with Crippen molar-refractivity contribution in [3.05, 3.63) is 69.7 Å². The van der Waals surface area contributed by atoms with Crippen LogP contribution in [0.2, 0.25) is 0 Å². The molecule has 1 aliphatic heterocycles. The molecule has 0 spiro atoms. The summed E-state index contributed by atoms with van der Waals surface area (Å²) in [6.07, 6.45) is 1.95. The molecule has 0 saturated carbocycles. The van der Waals surface area contributed by atoms with Gasteiger partial charge in [0.25, 0.3) is 15.6 Å². The molecule has 0 atom stereocenters. The molecule has 4 N–H and O–H groups in total. The summed E-state index contributed by atoms with van der Waals surface area (Å²) < 4.78 is 39.8. The number of aromatic hydroxyl groups is 1. The molecular formula is C21H16FN5O5S2. The zero-order valence-corrected chi connectivity index (χ0v) is 18.8. The molecule has 0 unspecified atom stereocenters. The Kier molecular flexibility index (Phi) is 5.21. The van der Waals surface area contributed by atoms with E-state index in [0.717, 1.165) is 40.9 Å². The number of carbonyl (C=O) groups is 1. The van der Waals surface area contributed by atoms with Crippen molar-refractivity contribution in [2.45, 2.75) is 10.6 Å². The highest BCUT2D eigenvalue weighted by molar-refractivity contribution is 7.92. The van der Waals surface area contributed by atoms with E-state index in [1.54, 1.807) is 10.8 Å². The van der Waals surface area contributed by atoms with Crippen LogP contribution in [0.25, 0.3) is 16.6 Å². The molecule has 1 aliphatic rings. The van der Waals surface area contributed by atoms with Crippen LogP contribution in [0.1, 0.15) is 5.56 Å². The molecule has 0 bridgehead atoms. The van der Waals surface area contributed by atoms with Gasteiger partial charge < -0.3 is 15.7 Å². The van der Waals surface area contributed by atoms with Crippen molar-refractivity contribution in [2.75, 3.05) is 17.2 Å². The van der Waals surface area contributed by atoms with E-state index in [2.05, 4.69) is 15.6 Å². The maximum absolute atomic E-state index is 13.1. The van der Waals surface area contributed by atoms with Gasteiger partial charge in [-0.05, 0) is 53.8 Å². The minimum Gasteiger partial charge on any atom is -0.494 e. The summed E-state index contributed by atoms with van der Waals surface area (Å²) >= 11 is 0.383. The van der Waals surface area contributed by atoms with Crippen LogP contribution in [-0.4, -0.2) is 35.7 Å². The molecule has 13 heteroatoms. The molecular weight excluding hydrogens is 485 g/mol. The zero-order valence-electron chi connectivity index (χ0n) is 17.2. The molecule has 3 aromatic heterocycles. The Morgan fingerprint density at radius 2 is 2.00 bits per heavy atom. The second-order valence-electron chi connectivity index (χ2n) is 7.39. The van der Waals surface area contributed by atoms with Crippen LogP contribution in [0.15, 0.2) is 57.7 Å². The fourth-order valence-electron chi connectivity index (χ4n) is 3.78. The van der Waals surface area contributed by atoms with Crippen LogP contribution in [0.4, 0.5) is 20.6 Å². The Morgan fingerprint density at radius 1 is 1.18 bits per heavy atom. The van der Waals surface area contributed by atoms with Crippen LogP contribution in [-0.2, 0) is 16.4 Å². The number of carbonyl (C=O) groups excluding carboxylic acids is 1. The first-order chi connectivity index (χ1) is 16.2. The molecule has 0 aliphatic carbocycles. The van der Waals surface area contributed by atoms with Gasteiger partial charge in [0.05, 0.1) is 11.9 Å². The lowest BCUT2D eigenvalue weighted by Crippen LogP contribution is -2.34. The van der Waals surface area contributed by atoms with E-state index >= 15 is 0 Å². The minimum absolute atomic E-state index is 0.107. The van der Waals surface area contributed by atoms with E-state index in [1.807, 2.05) is 6.07 Å². The Labute approximate surface area is 195 Å². The summed E-state index contributed by atoms with van der Waals surface area (Å²) in [5.74, 6) is -0.159. The van der Waals surface area contributed by atoms with Crippen LogP contribution in [0, 0.1) is 5.13 Å². The number of hydrogen-bond acceptors (Lipinski definition) is 8. The third-order valence-electron chi connectivity index (χ3n) is 5.26. The van der Waals surface area contributed by atoms with Crippen LogP contribution < -0.4 is 20.9 Å².